The number of rotatable bonds is 5. The van der Waals surface area contributed by atoms with Gasteiger partial charge in [-0.05, 0) is 0 Å². The summed E-state index contributed by atoms with van der Waals surface area (Å²) in [5.74, 6) is -1.73. The van der Waals surface area contributed by atoms with Gasteiger partial charge in [-0.25, -0.2) is 4.79 Å². The van der Waals surface area contributed by atoms with Crippen LogP contribution < -0.4 is 0 Å². The van der Waals surface area contributed by atoms with Crippen LogP contribution in [0.15, 0.2) is 0 Å². The summed E-state index contributed by atoms with van der Waals surface area (Å²) in [7, 11) is 0. The van der Waals surface area contributed by atoms with Crippen molar-refractivity contribution in [3.05, 3.63) is 0 Å². The molecule has 0 aromatic carbocycles. The van der Waals surface area contributed by atoms with Gasteiger partial charge in [-0.15, -0.1) is 0 Å². The molecule has 0 aliphatic carbocycles. The molecule has 0 spiro atoms. The third-order valence-electron chi connectivity index (χ3n) is 1.51. The van der Waals surface area contributed by atoms with Crippen molar-refractivity contribution < 1.29 is 40.1 Å². The zero-order valence-electron chi connectivity index (χ0n) is 7.43. The van der Waals surface area contributed by atoms with E-state index in [2.05, 4.69) is 11.9 Å². The molecule has 0 saturated heterocycles. The van der Waals surface area contributed by atoms with Crippen LogP contribution in [0.4, 0.5) is 0 Å². The summed E-state index contributed by atoms with van der Waals surface area (Å²) in [4.78, 5) is 10.1. The van der Waals surface area contributed by atoms with Crippen molar-refractivity contribution >= 4 is 47.4 Å². The first-order chi connectivity index (χ1) is 6.91. The molecule has 10 heteroatoms. The number of aliphatic hydroxyl groups is 5. The SMILES string of the molecule is O=C(O)[C@H](O)[C@@H](O)[C@H](O)[C@H](O)CO.OCl.[NaH]. The number of aliphatic hydroxyl groups excluding tert-OH is 5. The second kappa shape index (κ2) is 12.0. The second-order valence-electron chi connectivity index (χ2n) is 2.51. The third-order valence-corrected chi connectivity index (χ3v) is 1.51. The average molecular weight is 273 g/mol. The van der Waals surface area contributed by atoms with Crippen molar-refractivity contribution in [1.82, 2.24) is 0 Å². The summed E-state index contributed by atoms with van der Waals surface area (Å²) in [6.07, 6.45) is -7.84. The number of carboxylic acids is 1. The maximum absolute atomic E-state index is 10.1. The molecule has 8 nitrogen and oxygen atoms in total. The molecule has 0 bridgehead atoms. The van der Waals surface area contributed by atoms with Gasteiger partial charge in [0.2, 0.25) is 0 Å². The zero-order valence-corrected chi connectivity index (χ0v) is 8.19. The Hall–Kier alpha value is 0.520. The number of carboxylic acid groups (broad SMARTS) is 1. The fourth-order valence-electron chi connectivity index (χ4n) is 0.668. The Labute approximate surface area is 118 Å². The molecule has 94 valence electrons. The van der Waals surface area contributed by atoms with Gasteiger partial charge in [0.15, 0.2) is 6.10 Å². The fourth-order valence-corrected chi connectivity index (χ4v) is 0.668. The predicted molar refractivity (Wildman–Crippen MR) is 54.0 cm³/mol. The van der Waals surface area contributed by atoms with Crippen molar-refractivity contribution in [3.63, 3.8) is 0 Å². The maximum atomic E-state index is 10.1. The molecule has 0 aliphatic heterocycles. The Morgan fingerprint density at radius 2 is 1.44 bits per heavy atom. The van der Waals surface area contributed by atoms with Crippen LogP contribution in [0.1, 0.15) is 0 Å². The summed E-state index contributed by atoms with van der Waals surface area (Å²) in [5, 5.41) is 51.8. The van der Waals surface area contributed by atoms with Gasteiger partial charge in [-0.2, -0.15) is 0 Å². The van der Waals surface area contributed by atoms with Crippen molar-refractivity contribution in [2.24, 2.45) is 0 Å². The molecular weight excluding hydrogens is 259 g/mol. The summed E-state index contributed by atoms with van der Waals surface area (Å²) in [5.41, 5.74) is 0. The normalized spacial score (nSPS) is 16.9. The summed E-state index contributed by atoms with van der Waals surface area (Å²) in [6, 6.07) is 0. The molecule has 0 rings (SSSR count). The number of carbonyl (C=O) groups is 1. The Kier molecular flexibility index (Phi) is 16.3. The van der Waals surface area contributed by atoms with Crippen molar-refractivity contribution in [1.29, 1.82) is 0 Å². The van der Waals surface area contributed by atoms with Gasteiger partial charge in [-0.3, -0.25) is 4.66 Å². The Morgan fingerprint density at radius 1 is 1.06 bits per heavy atom. The minimum atomic E-state index is -2.20. The molecular formula is C6H14ClNaO8. The van der Waals surface area contributed by atoms with Crippen molar-refractivity contribution in [3.8, 4) is 0 Å². The van der Waals surface area contributed by atoms with Gasteiger partial charge < -0.3 is 30.6 Å². The molecule has 0 aromatic heterocycles. The van der Waals surface area contributed by atoms with E-state index in [1.54, 1.807) is 0 Å². The van der Waals surface area contributed by atoms with Gasteiger partial charge in [0.1, 0.15) is 18.3 Å². The van der Waals surface area contributed by atoms with Crippen molar-refractivity contribution in [2.45, 2.75) is 24.4 Å². The molecule has 4 atom stereocenters. The molecule has 7 N–H and O–H groups in total. The van der Waals surface area contributed by atoms with Crippen LogP contribution in [0, 0.1) is 0 Å². The monoisotopic (exact) mass is 272 g/mol. The number of hydrogen-bond donors (Lipinski definition) is 7. The number of aliphatic carboxylic acids is 1. The van der Waals surface area contributed by atoms with Crippen LogP contribution in [0.5, 0.6) is 0 Å². The van der Waals surface area contributed by atoms with Crippen LogP contribution in [0.3, 0.4) is 0 Å². The molecule has 0 aromatic rings. The average Bonchev–Trinajstić information content (AvgIpc) is 2.27. The van der Waals surface area contributed by atoms with E-state index < -0.39 is 37.0 Å². The van der Waals surface area contributed by atoms with E-state index >= 15 is 0 Å². The van der Waals surface area contributed by atoms with Gasteiger partial charge in [-0.1, -0.05) is 0 Å². The molecule has 0 aliphatic rings. The predicted octanol–water partition coefficient (Wildman–Crippen LogP) is -4.01. The second-order valence-corrected chi connectivity index (χ2v) is 2.51. The molecule has 16 heavy (non-hydrogen) atoms. The molecule has 0 saturated carbocycles. The summed E-state index contributed by atoms with van der Waals surface area (Å²) < 4.78 is 6.47. The van der Waals surface area contributed by atoms with E-state index in [4.69, 9.17) is 35.3 Å². The summed E-state index contributed by atoms with van der Waals surface area (Å²) >= 11 is 3.64. The van der Waals surface area contributed by atoms with Gasteiger partial charge in [0.05, 0.1) is 18.5 Å². The van der Waals surface area contributed by atoms with Gasteiger partial charge >= 0.3 is 35.5 Å². The van der Waals surface area contributed by atoms with E-state index in [1.807, 2.05) is 0 Å². The van der Waals surface area contributed by atoms with E-state index in [-0.39, 0.29) is 29.6 Å². The van der Waals surface area contributed by atoms with Crippen LogP contribution in [0.2, 0.25) is 0 Å². The van der Waals surface area contributed by atoms with E-state index in [1.165, 1.54) is 0 Å². The van der Waals surface area contributed by atoms with Crippen LogP contribution in [-0.2, 0) is 4.79 Å². The zero-order chi connectivity index (χ0) is 12.6. The number of halogens is 1. The van der Waals surface area contributed by atoms with Crippen molar-refractivity contribution in [2.75, 3.05) is 6.61 Å². The number of hydrogen-bond acceptors (Lipinski definition) is 7. The first kappa shape index (κ1) is 21.8. The van der Waals surface area contributed by atoms with Crippen LogP contribution >= 0.6 is 11.9 Å². The Balaban J connectivity index is -0.000000529. The van der Waals surface area contributed by atoms with E-state index in [9.17, 15) is 4.79 Å². The Bertz CT molecular complexity index is 182. The third kappa shape index (κ3) is 7.74. The first-order valence-corrected chi connectivity index (χ1v) is 3.98. The molecule has 0 amide bonds. The fraction of sp³-hybridized carbons (Fsp3) is 0.833. The van der Waals surface area contributed by atoms with Crippen LogP contribution in [-0.4, -0.2) is 102 Å². The standard InChI is InChI=1S/C6H12O7.ClHO.Na.H/c7-1-2(8)3(9)4(10)5(11)6(12)13;1-2;;/h2-5,7-11H,1H2,(H,12,13);2H;;/t2-,3-,4+,5-;;;/m1.../s1. The van der Waals surface area contributed by atoms with E-state index in [0.717, 1.165) is 0 Å². The first-order valence-electron chi connectivity index (χ1n) is 3.64. The molecule has 0 radical (unpaired) electrons. The molecule has 0 fully saturated rings. The molecule has 0 heterocycles. The molecule has 0 unspecified atom stereocenters. The quantitative estimate of drug-likeness (QED) is 0.249. The Morgan fingerprint density at radius 3 is 1.69 bits per heavy atom. The minimum absolute atomic E-state index is 0. The topological polar surface area (TPSA) is 159 Å². The summed E-state index contributed by atoms with van der Waals surface area (Å²) in [6.45, 7) is -0.843. The van der Waals surface area contributed by atoms with Gasteiger partial charge in [0, 0.05) is 0 Å². The van der Waals surface area contributed by atoms with Crippen LogP contribution in [0.25, 0.3) is 0 Å². The van der Waals surface area contributed by atoms with E-state index in [0.29, 0.717) is 0 Å². The van der Waals surface area contributed by atoms with Gasteiger partial charge in [0.25, 0.3) is 0 Å².